The maximum Gasteiger partial charge on any atom is 0.271 e. The molecule has 1 N–H and O–H groups in total. The van der Waals surface area contributed by atoms with Crippen LogP contribution in [0.2, 0.25) is 0 Å². The van der Waals surface area contributed by atoms with Crippen molar-refractivity contribution in [2.45, 2.75) is 18.1 Å². The molecule has 0 amide bonds. The molecule has 1 aromatic heterocycles. The highest BCUT2D eigenvalue weighted by Crippen LogP contribution is 2.26. The topological polar surface area (TPSA) is 55.4 Å². The predicted octanol–water partition coefficient (Wildman–Crippen LogP) is 3.17. The van der Waals surface area contributed by atoms with E-state index in [1.807, 2.05) is 13.8 Å². The second-order valence-corrected chi connectivity index (χ2v) is 7.35. The van der Waals surface area contributed by atoms with E-state index in [4.69, 9.17) is 4.74 Å². The molecule has 0 fully saturated rings. The highest BCUT2D eigenvalue weighted by Gasteiger charge is 2.16. The van der Waals surface area contributed by atoms with E-state index in [0.29, 0.717) is 9.90 Å². The largest absolute Gasteiger partial charge is 0.496 e. The van der Waals surface area contributed by atoms with Crippen LogP contribution in [0.25, 0.3) is 0 Å². The molecular formula is C13H15NO3S2. The molecule has 0 saturated carbocycles. The van der Waals surface area contributed by atoms with E-state index in [0.717, 1.165) is 16.2 Å². The maximum absolute atomic E-state index is 12.1. The van der Waals surface area contributed by atoms with Crippen LogP contribution in [-0.2, 0) is 10.0 Å². The van der Waals surface area contributed by atoms with Gasteiger partial charge in [-0.2, -0.15) is 0 Å². The molecule has 19 heavy (non-hydrogen) atoms. The summed E-state index contributed by atoms with van der Waals surface area (Å²) >= 11 is 1.25. The number of ether oxygens (including phenoxy) is 1. The molecule has 2 rings (SSSR count). The summed E-state index contributed by atoms with van der Waals surface area (Å²) in [5, 5.41) is 0. The van der Waals surface area contributed by atoms with E-state index in [-0.39, 0.29) is 0 Å². The van der Waals surface area contributed by atoms with E-state index in [1.54, 1.807) is 37.4 Å². The Hall–Kier alpha value is -1.53. The lowest BCUT2D eigenvalue weighted by Crippen LogP contribution is -2.11. The summed E-state index contributed by atoms with van der Waals surface area (Å²) in [5.74, 6) is 0.731. The molecule has 6 heteroatoms. The Bertz CT molecular complexity index is 690. The summed E-state index contributed by atoms with van der Waals surface area (Å²) in [4.78, 5) is 0.964. The van der Waals surface area contributed by atoms with Crippen LogP contribution in [0.5, 0.6) is 5.75 Å². The first-order chi connectivity index (χ1) is 8.92. The number of benzene rings is 1. The zero-order valence-corrected chi connectivity index (χ0v) is 12.6. The van der Waals surface area contributed by atoms with Gasteiger partial charge in [0.15, 0.2) is 0 Å². The number of rotatable bonds is 4. The summed E-state index contributed by atoms with van der Waals surface area (Å²) in [7, 11) is -1.92. The van der Waals surface area contributed by atoms with E-state index in [9.17, 15) is 8.42 Å². The average molecular weight is 297 g/mol. The predicted molar refractivity (Wildman–Crippen MR) is 77.6 cm³/mol. The number of hydrogen-bond donors (Lipinski definition) is 1. The van der Waals surface area contributed by atoms with E-state index >= 15 is 0 Å². The van der Waals surface area contributed by atoms with Gasteiger partial charge in [-0.25, -0.2) is 8.42 Å². The monoisotopic (exact) mass is 297 g/mol. The average Bonchev–Trinajstić information content (AvgIpc) is 2.76. The highest BCUT2D eigenvalue weighted by molar-refractivity contribution is 7.94. The van der Waals surface area contributed by atoms with Crippen molar-refractivity contribution in [3.63, 3.8) is 0 Å². The van der Waals surface area contributed by atoms with Gasteiger partial charge in [0.05, 0.1) is 7.11 Å². The Morgan fingerprint density at radius 3 is 2.42 bits per heavy atom. The van der Waals surface area contributed by atoms with Crippen molar-refractivity contribution >= 4 is 27.0 Å². The number of hydrogen-bond acceptors (Lipinski definition) is 4. The van der Waals surface area contributed by atoms with Gasteiger partial charge in [-0.05, 0) is 49.7 Å². The quantitative estimate of drug-likeness (QED) is 0.943. The molecule has 102 valence electrons. The second-order valence-electron chi connectivity index (χ2n) is 4.15. The van der Waals surface area contributed by atoms with Gasteiger partial charge >= 0.3 is 0 Å². The van der Waals surface area contributed by atoms with Gasteiger partial charge in [-0.3, -0.25) is 4.72 Å². The first-order valence-electron chi connectivity index (χ1n) is 5.66. The normalized spacial score (nSPS) is 11.3. The minimum absolute atomic E-state index is 0.318. The van der Waals surface area contributed by atoms with E-state index in [1.165, 1.54) is 11.3 Å². The first-order valence-corrected chi connectivity index (χ1v) is 7.96. The Morgan fingerprint density at radius 2 is 1.89 bits per heavy atom. The number of nitrogens with one attached hydrogen (secondary N) is 1. The fourth-order valence-corrected chi connectivity index (χ4v) is 4.04. The standard InChI is InChI=1S/C13H15NO3S2/c1-9-8-11(5-6-12(9)17-3)14-19(15,16)13-7-4-10(2)18-13/h4-8,14H,1-3H3. The first kappa shape index (κ1) is 13.9. The molecule has 1 aromatic carbocycles. The molecule has 0 aliphatic rings. The molecule has 0 bridgehead atoms. The number of aryl methyl sites for hydroxylation is 2. The molecule has 0 radical (unpaired) electrons. The maximum atomic E-state index is 12.1. The zero-order chi connectivity index (χ0) is 14.0. The summed E-state index contributed by atoms with van der Waals surface area (Å²) in [5.41, 5.74) is 1.41. The van der Waals surface area contributed by atoms with Crippen LogP contribution in [0.3, 0.4) is 0 Å². The van der Waals surface area contributed by atoms with Gasteiger partial charge in [-0.15, -0.1) is 11.3 Å². The molecule has 4 nitrogen and oxygen atoms in total. The smallest absolute Gasteiger partial charge is 0.271 e. The third-order valence-electron chi connectivity index (χ3n) is 2.63. The van der Waals surface area contributed by atoms with Gasteiger partial charge in [0.1, 0.15) is 9.96 Å². The Balaban J connectivity index is 2.28. The second kappa shape index (κ2) is 5.22. The molecule has 0 aliphatic carbocycles. The fourth-order valence-electron chi connectivity index (χ4n) is 1.70. The molecule has 1 heterocycles. The Morgan fingerprint density at radius 1 is 1.16 bits per heavy atom. The van der Waals surface area contributed by atoms with Gasteiger partial charge in [0.25, 0.3) is 10.0 Å². The van der Waals surface area contributed by atoms with Crippen LogP contribution >= 0.6 is 11.3 Å². The Labute approximate surface area is 117 Å². The third kappa shape index (κ3) is 3.08. The Kier molecular flexibility index (Phi) is 3.82. The summed E-state index contributed by atoms with van der Waals surface area (Å²) in [6, 6.07) is 8.57. The van der Waals surface area contributed by atoms with Crippen LogP contribution in [0.1, 0.15) is 10.4 Å². The lowest BCUT2D eigenvalue weighted by atomic mass is 10.2. The van der Waals surface area contributed by atoms with Gasteiger partial charge < -0.3 is 4.74 Å². The van der Waals surface area contributed by atoms with Crippen LogP contribution in [0.4, 0.5) is 5.69 Å². The van der Waals surface area contributed by atoms with Gasteiger partial charge in [0.2, 0.25) is 0 Å². The van der Waals surface area contributed by atoms with Gasteiger partial charge in [-0.1, -0.05) is 0 Å². The molecule has 0 unspecified atom stereocenters. The van der Waals surface area contributed by atoms with Crippen molar-refractivity contribution < 1.29 is 13.2 Å². The van der Waals surface area contributed by atoms with E-state index < -0.39 is 10.0 Å². The summed E-state index contributed by atoms with van der Waals surface area (Å²) in [6.45, 7) is 3.74. The third-order valence-corrected chi connectivity index (χ3v) is 5.50. The molecule has 0 aliphatic heterocycles. The lowest BCUT2D eigenvalue weighted by Gasteiger charge is -2.09. The molecular weight excluding hydrogens is 282 g/mol. The van der Waals surface area contributed by atoms with Crippen LogP contribution in [0, 0.1) is 13.8 Å². The number of thiophene rings is 1. The summed E-state index contributed by atoms with van der Waals surface area (Å²) in [6.07, 6.45) is 0. The molecule has 0 saturated heterocycles. The molecule has 0 atom stereocenters. The molecule has 0 spiro atoms. The van der Waals surface area contributed by atoms with E-state index in [2.05, 4.69) is 4.72 Å². The van der Waals surface area contributed by atoms with Crippen molar-refractivity contribution in [1.29, 1.82) is 0 Å². The number of methoxy groups -OCH3 is 1. The fraction of sp³-hybridized carbons (Fsp3) is 0.231. The van der Waals surface area contributed by atoms with Gasteiger partial charge in [0, 0.05) is 10.6 Å². The summed E-state index contributed by atoms with van der Waals surface area (Å²) < 4.78 is 32.3. The zero-order valence-electron chi connectivity index (χ0n) is 10.9. The molecule has 2 aromatic rings. The van der Waals surface area contributed by atoms with Crippen molar-refractivity contribution in [2.24, 2.45) is 0 Å². The number of sulfonamides is 1. The SMILES string of the molecule is COc1ccc(NS(=O)(=O)c2ccc(C)s2)cc1C. The van der Waals surface area contributed by atoms with Crippen LogP contribution in [0.15, 0.2) is 34.5 Å². The van der Waals surface area contributed by atoms with Crippen molar-refractivity contribution in [3.05, 3.63) is 40.8 Å². The number of anilines is 1. The van der Waals surface area contributed by atoms with Crippen molar-refractivity contribution in [1.82, 2.24) is 0 Å². The minimum Gasteiger partial charge on any atom is -0.496 e. The van der Waals surface area contributed by atoms with Crippen molar-refractivity contribution in [3.8, 4) is 5.75 Å². The van der Waals surface area contributed by atoms with Crippen LogP contribution < -0.4 is 9.46 Å². The van der Waals surface area contributed by atoms with Crippen molar-refractivity contribution in [2.75, 3.05) is 11.8 Å². The highest BCUT2D eigenvalue weighted by atomic mass is 32.2. The lowest BCUT2D eigenvalue weighted by molar-refractivity contribution is 0.412. The minimum atomic E-state index is -3.50. The van der Waals surface area contributed by atoms with Crippen LogP contribution in [-0.4, -0.2) is 15.5 Å².